The molecule has 2 aromatic rings. The maximum atomic E-state index is 14.8. The molecule has 0 unspecified atom stereocenters. The summed E-state index contributed by atoms with van der Waals surface area (Å²) >= 11 is 0. The molecule has 3 heterocycles. The third-order valence-electron chi connectivity index (χ3n) is 5.94. The molecule has 0 spiro atoms. The second kappa shape index (κ2) is 8.57. The number of anilines is 2. The van der Waals surface area contributed by atoms with Crippen molar-refractivity contribution in [3.8, 4) is 0 Å². The highest BCUT2D eigenvalue weighted by Crippen LogP contribution is 2.25. The van der Waals surface area contributed by atoms with E-state index < -0.39 is 11.8 Å². The molecule has 4 amide bonds. The number of imide groups is 1. The number of nitrogens with zero attached hydrogens (tertiary/aromatic N) is 5. The second-order valence-corrected chi connectivity index (χ2v) is 8.20. The van der Waals surface area contributed by atoms with Gasteiger partial charge in [0.2, 0.25) is 5.91 Å². The van der Waals surface area contributed by atoms with Crippen molar-refractivity contribution in [1.82, 2.24) is 14.8 Å². The highest BCUT2D eigenvalue weighted by Gasteiger charge is 2.33. The van der Waals surface area contributed by atoms with Gasteiger partial charge in [0.25, 0.3) is 5.91 Å². The number of rotatable bonds is 3. The van der Waals surface area contributed by atoms with Gasteiger partial charge in [-0.1, -0.05) is 6.07 Å². The van der Waals surface area contributed by atoms with Gasteiger partial charge in [0.1, 0.15) is 11.6 Å². The third kappa shape index (κ3) is 4.02. The summed E-state index contributed by atoms with van der Waals surface area (Å²) in [7, 11) is 0. The fourth-order valence-corrected chi connectivity index (χ4v) is 4.24. The number of carbonyl (C=O) groups excluding carboxylic acids is 3. The number of piperazine rings is 1. The van der Waals surface area contributed by atoms with Crippen LogP contribution in [0.25, 0.3) is 0 Å². The Bertz CT molecular complexity index is 1080. The molecule has 0 radical (unpaired) electrons. The lowest BCUT2D eigenvalue weighted by Crippen LogP contribution is -2.49. The van der Waals surface area contributed by atoms with Gasteiger partial charge in [0.15, 0.2) is 0 Å². The molecule has 2 aliphatic heterocycles. The van der Waals surface area contributed by atoms with Crippen molar-refractivity contribution in [3.05, 3.63) is 53.0 Å². The van der Waals surface area contributed by atoms with Crippen molar-refractivity contribution in [2.24, 2.45) is 0 Å². The van der Waals surface area contributed by atoms with Crippen LogP contribution in [0.1, 0.15) is 28.4 Å². The smallest absolute Gasteiger partial charge is 0.331 e. The van der Waals surface area contributed by atoms with Crippen molar-refractivity contribution in [3.63, 3.8) is 0 Å². The van der Waals surface area contributed by atoms with Crippen molar-refractivity contribution >= 4 is 29.4 Å². The molecule has 0 bridgehead atoms. The fraction of sp³-hybridized carbons (Fsp3) is 0.391. The standard InChI is InChI=1S/C23H26FN5O3/c1-15-12-16(2)21(25-14-15)26-6-8-27(9-7-26)22(31)19-5-4-18(13-20(19)24)29-11-10-28(17(3)30)23(29)32/h4-5,12-14H,6-11H2,1-3H3. The van der Waals surface area contributed by atoms with E-state index in [0.29, 0.717) is 38.4 Å². The van der Waals surface area contributed by atoms with Gasteiger partial charge in [-0.3, -0.25) is 19.4 Å². The molecule has 0 atom stereocenters. The van der Waals surface area contributed by atoms with Gasteiger partial charge in [0, 0.05) is 58.1 Å². The summed E-state index contributed by atoms with van der Waals surface area (Å²) in [6, 6.07) is 5.75. The number of benzene rings is 1. The Morgan fingerprint density at radius 1 is 1.00 bits per heavy atom. The molecule has 2 fully saturated rings. The van der Waals surface area contributed by atoms with Crippen LogP contribution in [0.15, 0.2) is 30.5 Å². The molecule has 32 heavy (non-hydrogen) atoms. The zero-order valence-electron chi connectivity index (χ0n) is 18.5. The number of hydrogen-bond donors (Lipinski definition) is 0. The van der Waals surface area contributed by atoms with E-state index in [-0.39, 0.29) is 23.9 Å². The summed E-state index contributed by atoms with van der Waals surface area (Å²) in [5.41, 5.74) is 2.50. The van der Waals surface area contributed by atoms with Gasteiger partial charge >= 0.3 is 6.03 Å². The van der Waals surface area contributed by atoms with E-state index in [1.54, 1.807) is 11.0 Å². The number of amides is 4. The normalized spacial score (nSPS) is 16.7. The van der Waals surface area contributed by atoms with Crippen LogP contribution < -0.4 is 9.80 Å². The van der Waals surface area contributed by atoms with Crippen LogP contribution in [-0.4, -0.2) is 71.9 Å². The minimum atomic E-state index is -0.681. The Morgan fingerprint density at radius 3 is 2.31 bits per heavy atom. The number of halogens is 1. The topological polar surface area (TPSA) is 77.1 Å². The molecule has 1 aromatic heterocycles. The predicted molar refractivity (Wildman–Crippen MR) is 118 cm³/mol. The Balaban J connectivity index is 1.43. The Kier molecular flexibility index (Phi) is 5.82. The van der Waals surface area contributed by atoms with Crippen LogP contribution in [0.5, 0.6) is 0 Å². The lowest BCUT2D eigenvalue weighted by atomic mass is 10.1. The largest absolute Gasteiger partial charge is 0.353 e. The van der Waals surface area contributed by atoms with Gasteiger partial charge < -0.3 is 9.80 Å². The van der Waals surface area contributed by atoms with Gasteiger partial charge in [-0.05, 0) is 43.2 Å². The Labute approximate surface area is 186 Å². The fourth-order valence-electron chi connectivity index (χ4n) is 4.24. The first-order valence-corrected chi connectivity index (χ1v) is 10.6. The third-order valence-corrected chi connectivity index (χ3v) is 5.94. The first kappa shape index (κ1) is 21.7. The van der Waals surface area contributed by atoms with E-state index in [1.165, 1.54) is 24.0 Å². The van der Waals surface area contributed by atoms with Crippen LogP contribution in [0.2, 0.25) is 0 Å². The van der Waals surface area contributed by atoms with E-state index in [0.717, 1.165) is 21.8 Å². The number of urea groups is 1. The van der Waals surface area contributed by atoms with Crippen molar-refractivity contribution in [2.75, 3.05) is 49.1 Å². The van der Waals surface area contributed by atoms with E-state index in [1.807, 2.05) is 20.0 Å². The summed E-state index contributed by atoms with van der Waals surface area (Å²) in [6.07, 6.45) is 1.83. The first-order chi connectivity index (χ1) is 15.3. The molecule has 2 saturated heterocycles. The molecule has 4 rings (SSSR count). The Hall–Kier alpha value is -3.49. The summed E-state index contributed by atoms with van der Waals surface area (Å²) in [4.78, 5) is 47.5. The molecule has 9 heteroatoms. The molecule has 168 valence electrons. The zero-order valence-corrected chi connectivity index (χ0v) is 18.5. The van der Waals surface area contributed by atoms with Gasteiger partial charge in [-0.25, -0.2) is 14.2 Å². The maximum Gasteiger partial charge on any atom is 0.331 e. The lowest BCUT2D eigenvalue weighted by Gasteiger charge is -2.36. The molecular formula is C23H26FN5O3. The first-order valence-electron chi connectivity index (χ1n) is 10.6. The SMILES string of the molecule is CC(=O)N1CCN(c2ccc(C(=O)N3CCN(c4ncc(C)cc4C)CC3)c(F)c2)C1=O. The van der Waals surface area contributed by atoms with Crippen LogP contribution >= 0.6 is 0 Å². The molecule has 1 aromatic carbocycles. The van der Waals surface area contributed by atoms with Crippen molar-refractivity contribution < 1.29 is 18.8 Å². The average Bonchev–Trinajstić information content (AvgIpc) is 3.15. The van der Waals surface area contributed by atoms with E-state index >= 15 is 0 Å². The number of pyridine rings is 1. The molecule has 0 saturated carbocycles. The van der Waals surface area contributed by atoms with Crippen LogP contribution in [0.4, 0.5) is 20.7 Å². The number of aryl methyl sites for hydroxylation is 2. The van der Waals surface area contributed by atoms with Gasteiger partial charge in [-0.2, -0.15) is 0 Å². The molecule has 0 N–H and O–H groups in total. The quantitative estimate of drug-likeness (QED) is 0.735. The van der Waals surface area contributed by atoms with E-state index in [2.05, 4.69) is 16.0 Å². The van der Waals surface area contributed by atoms with Crippen LogP contribution in [0, 0.1) is 19.7 Å². The van der Waals surface area contributed by atoms with Crippen LogP contribution in [0.3, 0.4) is 0 Å². The number of aromatic nitrogens is 1. The predicted octanol–water partition coefficient (Wildman–Crippen LogP) is 2.59. The van der Waals surface area contributed by atoms with Gasteiger partial charge in [0.05, 0.1) is 5.56 Å². The minimum Gasteiger partial charge on any atom is -0.353 e. The summed E-state index contributed by atoms with van der Waals surface area (Å²) in [5, 5.41) is 0. The average molecular weight is 439 g/mol. The number of carbonyl (C=O) groups is 3. The molecule has 2 aliphatic rings. The summed E-state index contributed by atoms with van der Waals surface area (Å²) < 4.78 is 14.8. The Morgan fingerprint density at radius 2 is 1.72 bits per heavy atom. The lowest BCUT2D eigenvalue weighted by molar-refractivity contribution is -0.125. The van der Waals surface area contributed by atoms with Crippen molar-refractivity contribution in [2.45, 2.75) is 20.8 Å². The van der Waals surface area contributed by atoms with Crippen LogP contribution in [-0.2, 0) is 4.79 Å². The van der Waals surface area contributed by atoms with Crippen molar-refractivity contribution in [1.29, 1.82) is 0 Å². The monoisotopic (exact) mass is 439 g/mol. The minimum absolute atomic E-state index is 0.0260. The molecule has 8 nitrogen and oxygen atoms in total. The maximum absolute atomic E-state index is 14.8. The summed E-state index contributed by atoms with van der Waals surface area (Å²) in [6.45, 7) is 8.05. The number of hydrogen-bond acceptors (Lipinski definition) is 5. The van der Waals surface area contributed by atoms with E-state index in [9.17, 15) is 18.8 Å². The van der Waals surface area contributed by atoms with Gasteiger partial charge in [-0.15, -0.1) is 0 Å². The van der Waals surface area contributed by atoms with E-state index in [4.69, 9.17) is 0 Å². The zero-order chi connectivity index (χ0) is 23.0. The highest BCUT2D eigenvalue weighted by atomic mass is 19.1. The molecular weight excluding hydrogens is 413 g/mol. The summed E-state index contributed by atoms with van der Waals surface area (Å²) in [5.74, 6) is -0.492. The second-order valence-electron chi connectivity index (χ2n) is 8.20. The highest BCUT2D eigenvalue weighted by molar-refractivity contribution is 6.04. The molecule has 0 aliphatic carbocycles.